The summed E-state index contributed by atoms with van der Waals surface area (Å²) in [5, 5.41) is 3.13. The second-order valence-corrected chi connectivity index (χ2v) is 10.2. The van der Waals surface area contributed by atoms with E-state index in [4.69, 9.17) is 9.47 Å². The first-order valence-electron chi connectivity index (χ1n) is 10.5. The third kappa shape index (κ3) is 4.72. The maximum atomic E-state index is 12.9. The highest BCUT2D eigenvalue weighted by molar-refractivity contribution is 7.90. The summed E-state index contributed by atoms with van der Waals surface area (Å²) in [7, 11) is -0.182. The van der Waals surface area contributed by atoms with Crippen molar-refractivity contribution in [3.8, 4) is 11.5 Å². The standard InChI is InChI=1S/C23H27N3O5S/c1-30-17-10-15(11-18(12-17)31-2)23(27)24-16-6-4-5-14(9-16)22-25-20-8-7-19(32(3,28)29)13-21(20)26-22/h7-8,10-14,16H,4-6,9H2,1-3H3,(H,24,27)(H,25,26)/t14-,16+/m0/s1. The molecule has 1 aliphatic rings. The van der Waals surface area contributed by atoms with Crippen LogP contribution in [-0.4, -0.2) is 50.8 Å². The van der Waals surface area contributed by atoms with Crippen molar-refractivity contribution >= 4 is 26.8 Å². The normalized spacial score (nSPS) is 19.0. The number of hydrogen-bond acceptors (Lipinski definition) is 6. The van der Waals surface area contributed by atoms with Gasteiger partial charge in [0.25, 0.3) is 5.91 Å². The molecule has 4 rings (SSSR count). The Hall–Kier alpha value is -3.07. The maximum Gasteiger partial charge on any atom is 0.251 e. The molecule has 1 aromatic heterocycles. The van der Waals surface area contributed by atoms with E-state index < -0.39 is 9.84 Å². The molecule has 9 heteroatoms. The smallest absolute Gasteiger partial charge is 0.251 e. The average molecular weight is 458 g/mol. The van der Waals surface area contributed by atoms with E-state index in [0.717, 1.165) is 37.0 Å². The molecule has 1 saturated carbocycles. The zero-order valence-corrected chi connectivity index (χ0v) is 19.2. The van der Waals surface area contributed by atoms with Crippen molar-refractivity contribution in [3.05, 3.63) is 47.8 Å². The summed E-state index contributed by atoms with van der Waals surface area (Å²) >= 11 is 0. The number of aromatic nitrogens is 2. The molecule has 2 atom stereocenters. The van der Waals surface area contributed by atoms with Crippen molar-refractivity contribution < 1.29 is 22.7 Å². The van der Waals surface area contributed by atoms with Crippen LogP contribution in [0.15, 0.2) is 41.3 Å². The van der Waals surface area contributed by atoms with Gasteiger partial charge in [0.2, 0.25) is 0 Å². The number of nitrogens with one attached hydrogen (secondary N) is 2. The highest BCUT2D eigenvalue weighted by atomic mass is 32.2. The number of H-pyrrole nitrogens is 1. The average Bonchev–Trinajstić information content (AvgIpc) is 3.22. The number of aromatic amines is 1. The van der Waals surface area contributed by atoms with Gasteiger partial charge in [-0.15, -0.1) is 0 Å². The van der Waals surface area contributed by atoms with Gasteiger partial charge in [0.15, 0.2) is 9.84 Å². The van der Waals surface area contributed by atoms with Gasteiger partial charge in [0.05, 0.1) is 30.1 Å². The number of hydrogen-bond donors (Lipinski definition) is 2. The van der Waals surface area contributed by atoms with Crippen LogP contribution in [0.1, 0.15) is 47.8 Å². The molecule has 2 aromatic carbocycles. The van der Waals surface area contributed by atoms with Gasteiger partial charge in [0, 0.05) is 29.8 Å². The Morgan fingerprint density at radius 2 is 1.81 bits per heavy atom. The highest BCUT2D eigenvalue weighted by Crippen LogP contribution is 2.33. The van der Waals surface area contributed by atoms with Crippen LogP contribution in [0.4, 0.5) is 0 Å². The van der Waals surface area contributed by atoms with Crippen molar-refractivity contribution in [2.24, 2.45) is 0 Å². The lowest BCUT2D eigenvalue weighted by Gasteiger charge is -2.28. The molecular weight excluding hydrogens is 430 g/mol. The van der Waals surface area contributed by atoms with Gasteiger partial charge in [-0.1, -0.05) is 6.42 Å². The molecule has 170 valence electrons. The van der Waals surface area contributed by atoms with E-state index in [1.54, 1.807) is 50.6 Å². The van der Waals surface area contributed by atoms with Gasteiger partial charge < -0.3 is 19.8 Å². The molecule has 3 aromatic rings. The number of methoxy groups -OCH3 is 2. The van der Waals surface area contributed by atoms with Crippen molar-refractivity contribution in [2.45, 2.75) is 42.5 Å². The molecule has 0 radical (unpaired) electrons. The van der Waals surface area contributed by atoms with Crippen LogP contribution >= 0.6 is 0 Å². The number of fused-ring (bicyclic) bond motifs is 1. The number of benzene rings is 2. The lowest BCUT2D eigenvalue weighted by molar-refractivity contribution is 0.0924. The van der Waals surface area contributed by atoms with Crippen LogP contribution in [0.5, 0.6) is 11.5 Å². The number of nitrogens with zero attached hydrogens (tertiary/aromatic N) is 1. The summed E-state index contributed by atoms with van der Waals surface area (Å²) in [4.78, 5) is 21.1. The van der Waals surface area contributed by atoms with Crippen LogP contribution in [0.2, 0.25) is 0 Å². The Labute approximate surface area is 187 Å². The molecular formula is C23H27N3O5S. The van der Waals surface area contributed by atoms with E-state index in [2.05, 4.69) is 15.3 Å². The fourth-order valence-corrected chi connectivity index (χ4v) is 4.86. The Kier molecular flexibility index (Phi) is 6.10. The van der Waals surface area contributed by atoms with Crippen LogP contribution in [0.25, 0.3) is 11.0 Å². The first-order chi connectivity index (χ1) is 15.3. The first-order valence-corrected chi connectivity index (χ1v) is 12.4. The Balaban J connectivity index is 1.49. The maximum absolute atomic E-state index is 12.9. The predicted octanol–water partition coefficient (Wildman–Crippen LogP) is 3.44. The van der Waals surface area contributed by atoms with Crippen LogP contribution in [-0.2, 0) is 9.84 Å². The lowest BCUT2D eigenvalue weighted by atomic mass is 9.85. The number of ether oxygens (including phenoxy) is 2. The van der Waals surface area contributed by atoms with Crippen LogP contribution < -0.4 is 14.8 Å². The molecule has 32 heavy (non-hydrogen) atoms. The number of sulfone groups is 1. The predicted molar refractivity (Wildman–Crippen MR) is 121 cm³/mol. The van der Waals surface area contributed by atoms with Gasteiger partial charge in [0.1, 0.15) is 17.3 Å². The molecule has 1 heterocycles. The van der Waals surface area contributed by atoms with E-state index >= 15 is 0 Å². The topological polar surface area (TPSA) is 110 Å². The lowest BCUT2D eigenvalue weighted by Crippen LogP contribution is -2.38. The van der Waals surface area contributed by atoms with Gasteiger partial charge in [-0.3, -0.25) is 4.79 Å². The second kappa shape index (κ2) is 8.82. The van der Waals surface area contributed by atoms with E-state index in [1.807, 2.05) is 0 Å². The molecule has 1 amide bonds. The SMILES string of the molecule is COc1cc(OC)cc(C(=O)N[C@@H]2CCC[C@H](c3nc4ccc(S(C)(=O)=O)cc4[nH]3)C2)c1. The zero-order valence-electron chi connectivity index (χ0n) is 18.3. The van der Waals surface area contributed by atoms with E-state index in [0.29, 0.717) is 22.6 Å². The fourth-order valence-electron chi connectivity index (χ4n) is 4.21. The van der Waals surface area contributed by atoms with Crippen LogP contribution in [0.3, 0.4) is 0 Å². The molecule has 0 bridgehead atoms. The van der Waals surface area contributed by atoms with Gasteiger partial charge in [-0.05, 0) is 49.6 Å². The van der Waals surface area contributed by atoms with E-state index in [1.165, 1.54) is 6.26 Å². The summed E-state index contributed by atoms with van der Waals surface area (Å²) in [6, 6.07) is 10.0. The number of amides is 1. The monoisotopic (exact) mass is 457 g/mol. The quantitative estimate of drug-likeness (QED) is 0.587. The van der Waals surface area contributed by atoms with Gasteiger partial charge in [-0.2, -0.15) is 0 Å². The second-order valence-electron chi connectivity index (χ2n) is 8.21. The summed E-state index contributed by atoms with van der Waals surface area (Å²) in [6.45, 7) is 0. The highest BCUT2D eigenvalue weighted by Gasteiger charge is 2.27. The molecule has 1 aliphatic carbocycles. The van der Waals surface area contributed by atoms with Gasteiger partial charge in [-0.25, -0.2) is 13.4 Å². The largest absolute Gasteiger partial charge is 0.497 e. The van der Waals surface area contributed by atoms with Crippen molar-refractivity contribution in [1.29, 1.82) is 0 Å². The Morgan fingerprint density at radius 1 is 1.09 bits per heavy atom. The number of carbonyl (C=O) groups is 1. The Bertz CT molecular complexity index is 1230. The van der Waals surface area contributed by atoms with Crippen molar-refractivity contribution in [1.82, 2.24) is 15.3 Å². The van der Waals surface area contributed by atoms with E-state index in [-0.39, 0.29) is 22.8 Å². The summed E-state index contributed by atoms with van der Waals surface area (Å²) in [6.07, 6.45) is 4.76. The number of rotatable bonds is 6. The Morgan fingerprint density at radius 3 is 2.47 bits per heavy atom. The molecule has 8 nitrogen and oxygen atoms in total. The van der Waals surface area contributed by atoms with Crippen molar-refractivity contribution in [2.75, 3.05) is 20.5 Å². The molecule has 0 spiro atoms. The third-order valence-corrected chi connectivity index (χ3v) is 7.02. The summed E-state index contributed by atoms with van der Waals surface area (Å²) < 4.78 is 34.2. The zero-order chi connectivity index (χ0) is 22.9. The minimum Gasteiger partial charge on any atom is -0.497 e. The number of carbonyl (C=O) groups excluding carboxylic acids is 1. The molecule has 1 fully saturated rings. The van der Waals surface area contributed by atoms with Crippen molar-refractivity contribution in [3.63, 3.8) is 0 Å². The summed E-state index contributed by atoms with van der Waals surface area (Å²) in [5.74, 6) is 1.93. The molecule has 0 unspecified atom stereocenters. The third-order valence-electron chi connectivity index (χ3n) is 5.91. The molecule has 0 aliphatic heterocycles. The fraction of sp³-hybridized carbons (Fsp3) is 0.391. The molecule has 2 N–H and O–H groups in total. The first kappa shape index (κ1) is 22.1. The summed E-state index contributed by atoms with van der Waals surface area (Å²) in [5.41, 5.74) is 1.93. The number of imidazole rings is 1. The minimum absolute atomic E-state index is 0.0123. The van der Waals surface area contributed by atoms with E-state index in [9.17, 15) is 13.2 Å². The molecule has 0 saturated heterocycles. The van der Waals surface area contributed by atoms with Crippen LogP contribution in [0, 0.1) is 0 Å². The minimum atomic E-state index is -3.28. The van der Waals surface area contributed by atoms with Gasteiger partial charge >= 0.3 is 0 Å².